The maximum atomic E-state index is 6.09. The highest BCUT2D eigenvalue weighted by Gasteiger charge is 2.48. The Balaban J connectivity index is 2.81. The predicted molar refractivity (Wildman–Crippen MR) is 59.4 cm³/mol. The van der Waals surface area contributed by atoms with Crippen molar-refractivity contribution < 1.29 is 8.23 Å². The summed E-state index contributed by atoms with van der Waals surface area (Å²) < 4.78 is 12.2. The van der Waals surface area contributed by atoms with Gasteiger partial charge in [-0.25, -0.2) is 0 Å². The molecule has 1 rings (SSSR count). The molecule has 5 heteroatoms. The van der Waals surface area contributed by atoms with Gasteiger partial charge >= 0.3 is 8.56 Å². The van der Waals surface area contributed by atoms with E-state index < -0.39 is 25.2 Å². The van der Waals surface area contributed by atoms with Gasteiger partial charge in [-0.1, -0.05) is 0 Å². The average molecular weight is 220 g/mol. The Morgan fingerprint density at radius 3 is 1.33 bits per heavy atom. The molecule has 0 aromatic carbocycles. The molecule has 0 N–H and O–H groups in total. The Bertz CT molecular complexity index is 144. The lowest BCUT2D eigenvalue weighted by atomic mass is 11.8. The van der Waals surface area contributed by atoms with E-state index in [-0.39, 0.29) is 0 Å². The van der Waals surface area contributed by atoms with E-state index in [1.807, 2.05) is 0 Å². The molecule has 1 fully saturated rings. The van der Waals surface area contributed by atoms with E-state index in [1.54, 1.807) is 0 Å². The van der Waals surface area contributed by atoms with Gasteiger partial charge in [0.1, 0.15) is 0 Å². The van der Waals surface area contributed by atoms with Crippen LogP contribution in [0.25, 0.3) is 0 Å². The molecule has 12 heavy (non-hydrogen) atoms. The summed E-state index contributed by atoms with van der Waals surface area (Å²) in [4.78, 5) is 0. The second-order valence-corrected chi connectivity index (χ2v) is 18.2. The summed E-state index contributed by atoms with van der Waals surface area (Å²) in [7, 11) is -4.46. The molecule has 0 unspecified atom stereocenters. The first-order valence-electron chi connectivity index (χ1n) is 4.52. The van der Waals surface area contributed by atoms with E-state index >= 15 is 0 Å². The highest BCUT2D eigenvalue weighted by Crippen LogP contribution is 2.33. The smallest absolute Gasteiger partial charge is 0.311 e. The summed E-state index contributed by atoms with van der Waals surface area (Å²) in [5.41, 5.74) is 1.25. The zero-order valence-electron chi connectivity index (χ0n) is 9.02. The van der Waals surface area contributed by atoms with Gasteiger partial charge in [0.2, 0.25) is 0 Å². The van der Waals surface area contributed by atoms with Crippen molar-refractivity contribution in [1.29, 1.82) is 0 Å². The molecule has 0 aromatic rings. The van der Waals surface area contributed by atoms with Gasteiger partial charge in [-0.15, -0.1) is 0 Å². The Morgan fingerprint density at radius 2 is 1.08 bits per heavy atom. The fraction of sp³-hybridized carbons (Fsp3) is 1.00. The zero-order chi connectivity index (χ0) is 9.62. The fourth-order valence-corrected chi connectivity index (χ4v) is 23.7. The fourth-order valence-electron chi connectivity index (χ4n) is 2.45. The summed E-state index contributed by atoms with van der Waals surface area (Å²) in [6, 6.07) is 0. The zero-order valence-corrected chi connectivity index (χ0v) is 12.0. The minimum Gasteiger partial charge on any atom is -0.437 e. The topological polar surface area (TPSA) is 18.5 Å². The van der Waals surface area contributed by atoms with Crippen LogP contribution in [0.1, 0.15) is 0 Å². The highest BCUT2D eigenvalue weighted by molar-refractivity contribution is 6.99. The minimum atomic E-state index is -1.74. The SMILES string of the molecule is C[Si]1(C)C[Si](C)(C)O[Si](C)(C)O1. The number of hydrogen-bond donors (Lipinski definition) is 0. The molecule has 0 atom stereocenters. The second kappa shape index (κ2) is 2.78. The summed E-state index contributed by atoms with van der Waals surface area (Å²) in [5, 5.41) is 0. The highest BCUT2D eigenvalue weighted by atomic mass is 28.5. The number of rotatable bonds is 0. The predicted octanol–water partition coefficient (Wildman–Crippen LogP) is 2.68. The van der Waals surface area contributed by atoms with Crippen LogP contribution in [0.5, 0.6) is 0 Å². The van der Waals surface area contributed by atoms with Crippen LogP contribution in [0.4, 0.5) is 0 Å². The molecule has 0 aliphatic carbocycles. The number of hydrogen-bond acceptors (Lipinski definition) is 2. The molecule has 1 saturated heterocycles. The van der Waals surface area contributed by atoms with Crippen molar-refractivity contribution in [3.63, 3.8) is 0 Å². The van der Waals surface area contributed by atoms with Crippen molar-refractivity contribution >= 4 is 25.2 Å². The quantitative estimate of drug-likeness (QED) is 0.585. The minimum absolute atomic E-state index is 1.25. The van der Waals surface area contributed by atoms with Crippen LogP contribution in [-0.4, -0.2) is 25.2 Å². The molecule has 1 heterocycles. The summed E-state index contributed by atoms with van der Waals surface area (Å²) in [6.45, 7) is 13.6. The summed E-state index contributed by atoms with van der Waals surface area (Å²) in [6.07, 6.45) is 0. The monoisotopic (exact) mass is 220 g/mol. The third kappa shape index (κ3) is 2.81. The van der Waals surface area contributed by atoms with Gasteiger partial charge in [0.15, 0.2) is 16.6 Å². The van der Waals surface area contributed by atoms with Crippen LogP contribution in [0.15, 0.2) is 0 Å². The van der Waals surface area contributed by atoms with Gasteiger partial charge in [-0.3, -0.25) is 0 Å². The molecule has 1 aliphatic heterocycles. The van der Waals surface area contributed by atoms with E-state index in [0.29, 0.717) is 0 Å². The van der Waals surface area contributed by atoms with Gasteiger partial charge in [0.05, 0.1) is 0 Å². The first kappa shape index (κ1) is 10.7. The normalized spacial score (nSPS) is 31.5. The molecule has 0 spiro atoms. The van der Waals surface area contributed by atoms with Crippen LogP contribution in [0, 0.1) is 0 Å². The Labute approximate surface area is 78.8 Å². The molecule has 0 bridgehead atoms. The molecule has 0 saturated carbocycles. The van der Waals surface area contributed by atoms with E-state index in [2.05, 4.69) is 39.3 Å². The van der Waals surface area contributed by atoms with Gasteiger partial charge in [0.25, 0.3) is 0 Å². The average Bonchev–Trinajstić information content (AvgIpc) is 1.44. The third-order valence-electron chi connectivity index (χ3n) is 1.90. The molecule has 1 aliphatic rings. The van der Waals surface area contributed by atoms with Crippen molar-refractivity contribution in [1.82, 2.24) is 0 Å². The molecule has 0 radical (unpaired) electrons. The summed E-state index contributed by atoms with van der Waals surface area (Å²) >= 11 is 0. The second-order valence-electron chi connectivity index (χ2n) is 5.30. The maximum absolute atomic E-state index is 6.09. The molecule has 2 nitrogen and oxygen atoms in total. The van der Waals surface area contributed by atoms with E-state index in [9.17, 15) is 0 Å². The van der Waals surface area contributed by atoms with E-state index in [0.717, 1.165) is 0 Å². The van der Waals surface area contributed by atoms with Crippen molar-refractivity contribution in [2.75, 3.05) is 0 Å². The largest absolute Gasteiger partial charge is 0.437 e. The molecule has 0 aromatic heterocycles. The van der Waals surface area contributed by atoms with Crippen LogP contribution in [0.3, 0.4) is 0 Å². The molecular weight excluding hydrogens is 200 g/mol. The van der Waals surface area contributed by atoms with Gasteiger partial charge in [-0.05, 0) is 44.9 Å². The Kier molecular flexibility index (Phi) is 2.47. The van der Waals surface area contributed by atoms with Crippen LogP contribution in [-0.2, 0) is 8.23 Å². The molecular formula is C7H20O2Si3. The first-order chi connectivity index (χ1) is 5.12. The van der Waals surface area contributed by atoms with Crippen LogP contribution >= 0.6 is 0 Å². The van der Waals surface area contributed by atoms with Crippen molar-refractivity contribution in [2.24, 2.45) is 0 Å². The Morgan fingerprint density at radius 1 is 0.750 bits per heavy atom. The summed E-state index contributed by atoms with van der Waals surface area (Å²) in [5.74, 6) is 0. The Hall–Kier alpha value is 0.571. The standard InChI is InChI=1S/C7H20O2Si3/c1-10(2)7-11(3,4)9-12(5,6)8-10/h7H2,1-6H3. The van der Waals surface area contributed by atoms with Gasteiger partial charge in [0, 0.05) is 0 Å². The van der Waals surface area contributed by atoms with E-state index in [4.69, 9.17) is 8.23 Å². The van der Waals surface area contributed by atoms with Crippen LogP contribution in [0.2, 0.25) is 44.9 Å². The first-order valence-corrected chi connectivity index (χ1v) is 13.6. The lowest BCUT2D eigenvalue weighted by Gasteiger charge is -2.46. The maximum Gasteiger partial charge on any atom is 0.311 e. The van der Waals surface area contributed by atoms with Crippen molar-refractivity contribution in [3.8, 4) is 0 Å². The van der Waals surface area contributed by atoms with Crippen molar-refractivity contribution in [2.45, 2.75) is 44.9 Å². The van der Waals surface area contributed by atoms with Gasteiger partial charge < -0.3 is 8.23 Å². The van der Waals surface area contributed by atoms with E-state index in [1.165, 1.54) is 5.67 Å². The molecule has 0 amide bonds. The third-order valence-corrected chi connectivity index (χ3v) is 17.1. The lowest BCUT2D eigenvalue weighted by Crippen LogP contribution is -2.61. The van der Waals surface area contributed by atoms with Crippen LogP contribution < -0.4 is 0 Å². The lowest BCUT2D eigenvalue weighted by molar-refractivity contribution is 0.372. The molecule has 72 valence electrons. The van der Waals surface area contributed by atoms with Crippen molar-refractivity contribution in [3.05, 3.63) is 0 Å². The van der Waals surface area contributed by atoms with Gasteiger partial charge in [-0.2, -0.15) is 0 Å².